The van der Waals surface area contributed by atoms with Crippen molar-refractivity contribution in [2.45, 2.75) is 51.1 Å². The molecular formula is C24H28N2O5. The Morgan fingerprint density at radius 1 is 0.935 bits per heavy atom. The normalized spacial score (nSPS) is 14.7. The second kappa shape index (κ2) is 8.41. The van der Waals surface area contributed by atoms with Crippen molar-refractivity contribution < 1.29 is 24.2 Å². The molecule has 7 nitrogen and oxygen atoms in total. The Bertz CT molecular complexity index is 971. The third-order valence-electron chi connectivity index (χ3n) is 5.89. The zero-order valence-corrected chi connectivity index (χ0v) is 18.2. The van der Waals surface area contributed by atoms with Crippen molar-refractivity contribution in [3.63, 3.8) is 0 Å². The summed E-state index contributed by atoms with van der Waals surface area (Å²) in [4.78, 5) is 36.6. The summed E-state index contributed by atoms with van der Waals surface area (Å²) < 4.78 is 5.52. The predicted molar refractivity (Wildman–Crippen MR) is 117 cm³/mol. The molecule has 0 radical (unpaired) electrons. The summed E-state index contributed by atoms with van der Waals surface area (Å²) in [5.74, 6) is -1.85. The zero-order chi connectivity index (χ0) is 22.8. The highest BCUT2D eigenvalue weighted by atomic mass is 16.5. The van der Waals surface area contributed by atoms with Crippen LogP contribution in [0.15, 0.2) is 48.5 Å². The number of fused-ring (bicyclic) bond motifs is 3. The molecule has 1 unspecified atom stereocenters. The summed E-state index contributed by atoms with van der Waals surface area (Å²) in [5.41, 5.74) is 1.67. The second-order valence-electron chi connectivity index (χ2n) is 8.52. The lowest BCUT2D eigenvalue weighted by molar-refractivity contribution is -0.147. The minimum atomic E-state index is -1.46. The predicted octanol–water partition coefficient (Wildman–Crippen LogP) is 3.67. The maximum Gasteiger partial charge on any atom is 0.408 e. The molecule has 0 saturated heterocycles. The molecular weight excluding hydrogens is 396 g/mol. The van der Waals surface area contributed by atoms with Gasteiger partial charge in [-0.1, -0.05) is 55.5 Å². The van der Waals surface area contributed by atoms with E-state index in [1.807, 2.05) is 36.4 Å². The summed E-state index contributed by atoms with van der Waals surface area (Å²) >= 11 is 0. The highest BCUT2D eigenvalue weighted by Crippen LogP contribution is 2.44. The number of alkyl carbamates (subject to hydrolysis) is 1. The van der Waals surface area contributed by atoms with E-state index >= 15 is 0 Å². The monoisotopic (exact) mass is 424 g/mol. The average Bonchev–Trinajstić information content (AvgIpc) is 3.05. The molecule has 0 heterocycles. The van der Waals surface area contributed by atoms with Gasteiger partial charge in [0.1, 0.15) is 17.7 Å². The van der Waals surface area contributed by atoms with Gasteiger partial charge in [-0.2, -0.15) is 0 Å². The van der Waals surface area contributed by atoms with Crippen molar-refractivity contribution in [1.82, 2.24) is 10.6 Å². The Morgan fingerprint density at radius 2 is 1.45 bits per heavy atom. The van der Waals surface area contributed by atoms with Crippen LogP contribution in [0.1, 0.15) is 51.2 Å². The maximum atomic E-state index is 12.7. The number of aliphatic carboxylic acids is 1. The molecule has 0 bridgehead atoms. The second-order valence-corrected chi connectivity index (χ2v) is 8.52. The summed E-state index contributed by atoms with van der Waals surface area (Å²) in [7, 11) is 0. The van der Waals surface area contributed by atoms with Crippen LogP contribution in [0.3, 0.4) is 0 Å². The quantitative estimate of drug-likeness (QED) is 0.629. The number of hydrogen-bond donors (Lipinski definition) is 3. The highest BCUT2D eigenvalue weighted by molar-refractivity contribution is 5.93. The number of carboxylic acids is 1. The molecule has 3 rings (SSSR count). The molecule has 0 aliphatic heterocycles. The van der Waals surface area contributed by atoms with E-state index in [9.17, 15) is 19.5 Å². The molecule has 0 aromatic heterocycles. The molecule has 0 fully saturated rings. The summed E-state index contributed by atoms with van der Waals surface area (Å²) in [6.07, 6.45) is -0.465. The first-order chi connectivity index (χ1) is 14.6. The SMILES string of the molecule is CCC(C)(NC(=O)OCC1c2ccccc2-c2ccccc21)C(=O)NC(C)(C)C(=O)O. The van der Waals surface area contributed by atoms with E-state index in [0.717, 1.165) is 22.3 Å². The van der Waals surface area contributed by atoms with Crippen molar-refractivity contribution in [2.75, 3.05) is 6.61 Å². The maximum absolute atomic E-state index is 12.7. The molecule has 2 aromatic carbocycles. The summed E-state index contributed by atoms with van der Waals surface area (Å²) in [6.45, 7) is 6.17. The van der Waals surface area contributed by atoms with Crippen LogP contribution in [0.4, 0.5) is 4.79 Å². The number of amides is 2. The van der Waals surface area contributed by atoms with Crippen LogP contribution >= 0.6 is 0 Å². The zero-order valence-electron chi connectivity index (χ0n) is 18.2. The number of carbonyl (C=O) groups is 3. The Hall–Kier alpha value is -3.35. The number of ether oxygens (including phenoxy) is 1. The van der Waals surface area contributed by atoms with Gasteiger partial charge in [-0.25, -0.2) is 9.59 Å². The molecule has 1 aliphatic rings. The van der Waals surface area contributed by atoms with Crippen LogP contribution in [0.25, 0.3) is 11.1 Å². The number of carboxylic acid groups (broad SMARTS) is 1. The molecule has 1 atom stereocenters. The van der Waals surface area contributed by atoms with E-state index in [4.69, 9.17) is 4.74 Å². The molecule has 7 heteroatoms. The Kier molecular flexibility index (Phi) is 6.06. The molecule has 2 aromatic rings. The lowest BCUT2D eigenvalue weighted by Crippen LogP contribution is -2.62. The number of hydrogen-bond acceptors (Lipinski definition) is 4. The van der Waals surface area contributed by atoms with Crippen molar-refractivity contribution in [1.29, 1.82) is 0 Å². The number of carbonyl (C=O) groups excluding carboxylic acids is 2. The van der Waals surface area contributed by atoms with Gasteiger partial charge < -0.3 is 20.5 Å². The van der Waals surface area contributed by atoms with E-state index < -0.39 is 29.0 Å². The van der Waals surface area contributed by atoms with Crippen LogP contribution in [-0.2, 0) is 14.3 Å². The Morgan fingerprint density at radius 3 is 1.94 bits per heavy atom. The van der Waals surface area contributed by atoms with Gasteiger partial charge in [0.15, 0.2) is 0 Å². The van der Waals surface area contributed by atoms with Crippen molar-refractivity contribution >= 4 is 18.0 Å². The minimum absolute atomic E-state index is 0.0918. The van der Waals surface area contributed by atoms with E-state index in [2.05, 4.69) is 22.8 Å². The first-order valence-electron chi connectivity index (χ1n) is 10.3. The van der Waals surface area contributed by atoms with E-state index in [1.54, 1.807) is 13.8 Å². The average molecular weight is 424 g/mol. The Balaban J connectivity index is 1.69. The summed E-state index contributed by atoms with van der Waals surface area (Å²) in [6, 6.07) is 16.0. The highest BCUT2D eigenvalue weighted by Gasteiger charge is 2.39. The Labute approximate surface area is 181 Å². The fraction of sp³-hybridized carbons (Fsp3) is 0.375. The molecule has 0 spiro atoms. The molecule has 2 amide bonds. The molecule has 1 aliphatic carbocycles. The smallest absolute Gasteiger partial charge is 0.408 e. The van der Waals surface area contributed by atoms with Crippen LogP contribution in [0, 0.1) is 0 Å². The van der Waals surface area contributed by atoms with E-state index in [0.29, 0.717) is 0 Å². The number of rotatable bonds is 7. The topological polar surface area (TPSA) is 105 Å². The van der Waals surface area contributed by atoms with Crippen molar-refractivity contribution in [3.05, 3.63) is 59.7 Å². The van der Waals surface area contributed by atoms with Gasteiger partial charge in [0, 0.05) is 5.92 Å². The minimum Gasteiger partial charge on any atom is -0.480 e. The standard InChI is InChI=1S/C24H28N2O5/c1-5-24(4,20(27)25-23(2,3)21(28)29)26-22(30)31-14-19-17-12-8-6-10-15(17)16-11-7-9-13-18(16)19/h6-13,19H,5,14H2,1-4H3,(H,25,27)(H,26,30)(H,28,29). The fourth-order valence-corrected chi connectivity index (χ4v) is 3.64. The third kappa shape index (κ3) is 4.40. The van der Waals surface area contributed by atoms with Gasteiger partial charge in [0.25, 0.3) is 0 Å². The largest absolute Gasteiger partial charge is 0.480 e. The van der Waals surface area contributed by atoms with Gasteiger partial charge in [-0.05, 0) is 49.4 Å². The van der Waals surface area contributed by atoms with Gasteiger partial charge in [-0.3, -0.25) is 4.79 Å². The molecule has 31 heavy (non-hydrogen) atoms. The van der Waals surface area contributed by atoms with E-state index in [1.165, 1.54) is 13.8 Å². The van der Waals surface area contributed by atoms with Crippen LogP contribution in [0.5, 0.6) is 0 Å². The first kappa shape index (κ1) is 22.3. The third-order valence-corrected chi connectivity index (χ3v) is 5.89. The van der Waals surface area contributed by atoms with Gasteiger partial charge in [-0.15, -0.1) is 0 Å². The lowest BCUT2D eigenvalue weighted by Gasteiger charge is -2.32. The van der Waals surface area contributed by atoms with Crippen LogP contribution in [-0.4, -0.2) is 40.8 Å². The first-order valence-corrected chi connectivity index (χ1v) is 10.3. The summed E-state index contributed by atoms with van der Waals surface area (Å²) in [5, 5.41) is 14.3. The van der Waals surface area contributed by atoms with Gasteiger partial charge in [0.05, 0.1) is 0 Å². The van der Waals surface area contributed by atoms with Crippen LogP contribution < -0.4 is 10.6 Å². The van der Waals surface area contributed by atoms with Crippen molar-refractivity contribution in [2.24, 2.45) is 0 Å². The molecule has 164 valence electrons. The van der Waals surface area contributed by atoms with E-state index in [-0.39, 0.29) is 18.9 Å². The fourth-order valence-electron chi connectivity index (χ4n) is 3.64. The number of nitrogens with one attached hydrogen (secondary N) is 2. The van der Waals surface area contributed by atoms with Gasteiger partial charge in [0.2, 0.25) is 5.91 Å². The lowest BCUT2D eigenvalue weighted by atomic mass is 9.95. The van der Waals surface area contributed by atoms with Gasteiger partial charge >= 0.3 is 12.1 Å². The molecule has 0 saturated carbocycles. The van der Waals surface area contributed by atoms with Crippen molar-refractivity contribution in [3.8, 4) is 11.1 Å². The number of benzene rings is 2. The van der Waals surface area contributed by atoms with Crippen LogP contribution in [0.2, 0.25) is 0 Å². The molecule has 3 N–H and O–H groups in total.